The van der Waals surface area contributed by atoms with E-state index in [2.05, 4.69) is 4.74 Å². The van der Waals surface area contributed by atoms with Gasteiger partial charge in [0, 0.05) is 0 Å². The van der Waals surface area contributed by atoms with Crippen LogP contribution in [-0.2, 0) is 19.0 Å². The number of hydrogen-bond acceptors (Lipinski definition) is 5. The van der Waals surface area contributed by atoms with Crippen LogP contribution in [0.4, 0.5) is 0 Å². The Morgan fingerprint density at radius 2 is 2.09 bits per heavy atom. The minimum Gasteiger partial charge on any atom is -0.465 e. The van der Waals surface area contributed by atoms with Gasteiger partial charge in [0.1, 0.15) is 13.4 Å². The lowest BCUT2D eigenvalue weighted by Crippen LogP contribution is -1.95. The number of ether oxygens (including phenoxy) is 3. The molecule has 0 unspecified atom stereocenters. The summed E-state index contributed by atoms with van der Waals surface area (Å²) in [6, 6.07) is 0. The van der Waals surface area contributed by atoms with Crippen molar-refractivity contribution in [2.45, 2.75) is 0 Å². The maximum absolute atomic E-state index is 9.23. The molecule has 0 radical (unpaired) electrons. The Labute approximate surface area is 64.9 Å². The number of carbonyl (C=O) groups excluding carboxylic acids is 1. The minimum absolute atomic E-state index is 0.0985. The van der Waals surface area contributed by atoms with Crippen LogP contribution in [0.1, 0.15) is 0 Å². The fourth-order valence-electron chi connectivity index (χ4n) is 0.395. The van der Waals surface area contributed by atoms with Gasteiger partial charge in [-0.3, -0.25) is 4.79 Å². The lowest BCUT2D eigenvalue weighted by molar-refractivity contribution is -0.129. The molecular formula is C6H12O5. The summed E-state index contributed by atoms with van der Waals surface area (Å²) in [6.45, 7) is 2.36. The first-order valence-electron chi connectivity index (χ1n) is 3.23. The zero-order valence-corrected chi connectivity index (χ0v) is 6.19. The van der Waals surface area contributed by atoms with E-state index in [0.29, 0.717) is 13.3 Å². The number of carbonyl (C=O) groups is 1. The van der Waals surface area contributed by atoms with Crippen LogP contribution in [0.3, 0.4) is 0 Å². The van der Waals surface area contributed by atoms with Crippen molar-refractivity contribution in [3.05, 3.63) is 0 Å². The maximum Gasteiger partial charge on any atom is 0.293 e. The maximum atomic E-state index is 9.23. The molecule has 0 aromatic carbocycles. The van der Waals surface area contributed by atoms with Gasteiger partial charge >= 0.3 is 0 Å². The molecule has 0 aromatic rings. The molecule has 1 aliphatic heterocycles. The van der Waals surface area contributed by atoms with Crippen LogP contribution < -0.4 is 0 Å². The molecule has 66 valence electrons. The lowest BCUT2D eigenvalue weighted by atomic mass is 10.8. The normalized spacial score (nSPS) is 15.0. The summed E-state index contributed by atoms with van der Waals surface area (Å²) in [5, 5.41) is 7.91. The van der Waals surface area contributed by atoms with Gasteiger partial charge in [-0.2, -0.15) is 0 Å². The Balaban J connectivity index is 0.000000183. The molecule has 0 atom stereocenters. The molecular weight excluding hydrogens is 152 g/mol. The predicted molar refractivity (Wildman–Crippen MR) is 35.9 cm³/mol. The molecule has 0 bridgehead atoms. The monoisotopic (exact) mass is 164 g/mol. The molecule has 0 spiro atoms. The molecule has 1 rings (SSSR count). The topological polar surface area (TPSA) is 65.0 Å². The predicted octanol–water partition coefficient (Wildman–Crippen LogP) is -0.858. The first kappa shape index (κ1) is 10.3. The summed E-state index contributed by atoms with van der Waals surface area (Å²) in [7, 11) is 0. The summed E-state index contributed by atoms with van der Waals surface area (Å²) in [5.74, 6) is 0. The van der Waals surface area contributed by atoms with Gasteiger partial charge in [-0.25, -0.2) is 0 Å². The first-order chi connectivity index (χ1) is 5.41. The van der Waals surface area contributed by atoms with Gasteiger partial charge in [0.2, 0.25) is 0 Å². The van der Waals surface area contributed by atoms with Gasteiger partial charge in [0.25, 0.3) is 6.47 Å². The molecule has 0 saturated carbocycles. The highest BCUT2D eigenvalue weighted by Crippen LogP contribution is 1.85. The van der Waals surface area contributed by atoms with Gasteiger partial charge < -0.3 is 19.3 Å². The average Bonchev–Trinajstić information content (AvgIpc) is 2.57. The van der Waals surface area contributed by atoms with Gasteiger partial charge in [0.15, 0.2) is 0 Å². The molecule has 11 heavy (non-hydrogen) atoms. The van der Waals surface area contributed by atoms with Crippen LogP contribution in [0, 0.1) is 0 Å². The van der Waals surface area contributed by atoms with Crippen LogP contribution in [0.25, 0.3) is 0 Å². The van der Waals surface area contributed by atoms with E-state index < -0.39 is 0 Å². The standard InChI is InChI=1S/C3H6O3.C3H6O2/c4-1-2-6-3-5;1-2-5-3-4-1/h3-4H,1-2H2;1-3H2. The lowest BCUT2D eigenvalue weighted by Gasteiger charge is -1.86. The summed E-state index contributed by atoms with van der Waals surface area (Å²) in [4.78, 5) is 9.23. The van der Waals surface area contributed by atoms with Crippen molar-refractivity contribution in [2.75, 3.05) is 33.2 Å². The highest BCUT2D eigenvalue weighted by molar-refractivity contribution is 5.36. The molecule has 1 aliphatic rings. The van der Waals surface area contributed by atoms with Gasteiger partial charge in [-0.15, -0.1) is 0 Å². The highest BCUT2D eigenvalue weighted by atomic mass is 16.7. The fourth-order valence-corrected chi connectivity index (χ4v) is 0.395. The molecule has 5 nitrogen and oxygen atoms in total. The molecule has 1 saturated heterocycles. The summed E-state index contributed by atoms with van der Waals surface area (Å²) < 4.78 is 13.5. The first-order valence-corrected chi connectivity index (χ1v) is 3.23. The molecule has 5 heteroatoms. The third-order valence-electron chi connectivity index (χ3n) is 0.816. The van der Waals surface area contributed by atoms with Crippen LogP contribution in [0.2, 0.25) is 0 Å². The van der Waals surface area contributed by atoms with Gasteiger partial charge in [-0.1, -0.05) is 0 Å². The van der Waals surface area contributed by atoms with E-state index in [-0.39, 0.29) is 13.2 Å². The Morgan fingerprint density at radius 1 is 1.45 bits per heavy atom. The molecule has 0 aliphatic carbocycles. The Bertz CT molecular complexity index is 73.4. The van der Waals surface area contributed by atoms with E-state index in [1.807, 2.05) is 0 Å². The van der Waals surface area contributed by atoms with Crippen LogP contribution in [0.15, 0.2) is 0 Å². The van der Waals surface area contributed by atoms with Crippen molar-refractivity contribution < 1.29 is 24.1 Å². The van der Waals surface area contributed by atoms with E-state index in [9.17, 15) is 4.79 Å². The second-order valence-electron chi connectivity index (χ2n) is 1.62. The van der Waals surface area contributed by atoms with E-state index >= 15 is 0 Å². The Kier molecular flexibility index (Phi) is 8.80. The number of rotatable bonds is 3. The third-order valence-corrected chi connectivity index (χ3v) is 0.816. The van der Waals surface area contributed by atoms with Crippen LogP contribution >= 0.6 is 0 Å². The average molecular weight is 164 g/mol. The summed E-state index contributed by atoms with van der Waals surface area (Å²) in [6.07, 6.45) is 0. The van der Waals surface area contributed by atoms with E-state index in [1.54, 1.807) is 0 Å². The number of aliphatic hydroxyl groups excluding tert-OH is 1. The zero-order valence-electron chi connectivity index (χ0n) is 6.19. The molecule has 1 heterocycles. The second-order valence-corrected chi connectivity index (χ2v) is 1.62. The van der Waals surface area contributed by atoms with Crippen molar-refractivity contribution in [1.82, 2.24) is 0 Å². The number of hydrogen-bond donors (Lipinski definition) is 1. The fraction of sp³-hybridized carbons (Fsp3) is 0.833. The van der Waals surface area contributed by atoms with Gasteiger partial charge in [0.05, 0.1) is 19.8 Å². The molecule has 0 aromatic heterocycles. The van der Waals surface area contributed by atoms with E-state index in [0.717, 1.165) is 13.2 Å². The molecule has 1 N–H and O–H groups in total. The summed E-state index contributed by atoms with van der Waals surface area (Å²) >= 11 is 0. The van der Waals surface area contributed by atoms with Crippen LogP contribution in [-0.4, -0.2) is 44.8 Å². The Morgan fingerprint density at radius 3 is 2.27 bits per heavy atom. The van der Waals surface area contributed by atoms with Crippen molar-refractivity contribution in [3.63, 3.8) is 0 Å². The third kappa shape index (κ3) is 9.35. The van der Waals surface area contributed by atoms with E-state index in [1.165, 1.54) is 0 Å². The highest BCUT2D eigenvalue weighted by Gasteiger charge is 1.93. The largest absolute Gasteiger partial charge is 0.465 e. The van der Waals surface area contributed by atoms with E-state index in [4.69, 9.17) is 14.6 Å². The minimum atomic E-state index is -0.0985. The van der Waals surface area contributed by atoms with Crippen molar-refractivity contribution in [2.24, 2.45) is 0 Å². The van der Waals surface area contributed by atoms with Crippen molar-refractivity contribution >= 4 is 6.47 Å². The van der Waals surface area contributed by atoms with Crippen molar-refractivity contribution in [3.8, 4) is 0 Å². The van der Waals surface area contributed by atoms with Crippen LogP contribution in [0.5, 0.6) is 0 Å². The van der Waals surface area contributed by atoms with Crippen molar-refractivity contribution in [1.29, 1.82) is 0 Å². The molecule has 0 amide bonds. The SMILES string of the molecule is C1COCO1.O=COCCO. The van der Waals surface area contributed by atoms with Gasteiger partial charge in [-0.05, 0) is 0 Å². The smallest absolute Gasteiger partial charge is 0.293 e. The quantitative estimate of drug-likeness (QED) is 0.434. The number of aliphatic hydroxyl groups is 1. The molecule has 1 fully saturated rings. The second kappa shape index (κ2) is 9.35. The summed E-state index contributed by atoms with van der Waals surface area (Å²) in [5.41, 5.74) is 0. The zero-order chi connectivity index (χ0) is 8.36. The Hall–Kier alpha value is -0.650.